The van der Waals surface area contributed by atoms with Crippen molar-refractivity contribution in [3.8, 4) is 0 Å². The van der Waals surface area contributed by atoms with Crippen LogP contribution < -0.4 is 0 Å². The van der Waals surface area contributed by atoms with E-state index in [4.69, 9.17) is 0 Å². The highest BCUT2D eigenvalue weighted by molar-refractivity contribution is 6.01. The molecule has 0 aromatic heterocycles. The first-order chi connectivity index (χ1) is 12.2. The zero-order valence-corrected chi connectivity index (χ0v) is 15.9. The van der Waals surface area contributed by atoms with Gasteiger partial charge >= 0.3 is 0 Å². The fraction of sp³-hybridized carbons (Fsp3) is 0.727. The molecule has 0 amide bonds. The van der Waals surface area contributed by atoms with Crippen molar-refractivity contribution in [1.82, 2.24) is 0 Å². The van der Waals surface area contributed by atoms with Crippen LogP contribution in [0.15, 0.2) is 23.8 Å². The highest BCUT2D eigenvalue weighted by Gasteiger charge is 2.63. The van der Waals surface area contributed by atoms with Crippen molar-refractivity contribution >= 4 is 11.6 Å². The Morgan fingerprint density at radius 3 is 2.73 bits per heavy atom. The lowest BCUT2D eigenvalue weighted by Gasteiger charge is -2.60. The summed E-state index contributed by atoms with van der Waals surface area (Å²) in [5.41, 5.74) is 0.650. The lowest BCUT2D eigenvalue weighted by Crippen LogP contribution is -2.57. The number of fused-ring (bicyclic) bond motifs is 5. The molecule has 4 aliphatic carbocycles. The van der Waals surface area contributed by atoms with Gasteiger partial charge in [0.1, 0.15) is 6.61 Å². The highest BCUT2D eigenvalue weighted by atomic mass is 16.3. The number of aliphatic hydroxyl groups excluding tert-OH is 2. The number of hydrogen-bond donors (Lipinski definition) is 2. The summed E-state index contributed by atoms with van der Waals surface area (Å²) in [5.74, 6) is 0.967. The molecule has 4 heteroatoms. The first kappa shape index (κ1) is 18.1. The van der Waals surface area contributed by atoms with E-state index in [2.05, 4.69) is 20.8 Å². The average Bonchev–Trinajstić information content (AvgIpc) is 2.92. The lowest BCUT2D eigenvalue weighted by molar-refractivity contribution is -0.143. The first-order valence-electron chi connectivity index (χ1n) is 9.99. The van der Waals surface area contributed by atoms with Crippen LogP contribution >= 0.6 is 0 Å². The molecule has 4 rings (SSSR count). The molecule has 0 heterocycles. The largest absolute Gasteiger partial charge is 0.393 e. The molecule has 0 aromatic carbocycles. The SMILES string of the molecule is C[C@H]1C[C@@H]2[C@H]([C@@H](O)C[C@]3(C)[C@@H](C(=O)CO)CC[C@@H]23)[C@@]2(C)C=CC(=O)C=C12. The third kappa shape index (κ3) is 2.27. The molecule has 0 radical (unpaired) electrons. The smallest absolute Gasteiger partial charge is 0.178 e. The van der Waals surface area contributed by atoms with Crippen LogP contribution in [-0.2, 0) is 9.59 Å². The van der Waals surface area contributed by atoms with E-state index in [1.807, 2.05) is 6.08 Å². The molecule has 0 bridgehead atoms. The predicted octanol–water partition coefficient (Wildman–Crippen LogP) is 2.69. The monoisotopic (exact) mass is 358 g/mol. The number of ketones is 2. The lowest BCUT2D eigenvalue weighted by atomic mass is 9.45. The number of hydrogen-bond acceptors (Lipinski definition) is 4. The van der Waals surface area contributed by atoms with Crippen LogP contribution in [0.25, 0.3) is 0 Å². The maximum Gasteiger partial charge on any atom is 0.178 e. The molecule has 0 aliphatic heterocycles. The minimum absolute atomic E-state index is 0.0485. The van der Waals surface area contributed by atoms with E-state index < -0.39 is 12.7 Å². The molecule has 26 heavy (non-hydrogen) atoms. The van der Waals surface area contributed by atoms with E-state index in [1.54, 1.807) is 12.2 Å². The van der Waals surface area contributed by atoms with E-state index in [0.717, 1.165) is 24.8 Å². The van der Waals surface area contributed by atoms with Gasteiger partial charge in [0.25, 0.3) is 0 Å². The van der Waals surface area contributed by atoms with Gasteiger partial charge in [-0.25, -0.2) is 0 Å². The van der Waals surface area contributed by atoms with Gasteiger partial charge in [0, 0.05) is 17.3 Å². The Bertz CT molecular complexity index is 707. The summed E-state index contributed by atoms with van der Waals surface area (Å²) < 4.78 is 0. The van der Waals surface area contributed by atoms with Crippen molar-refractivity contribution in [3.63, 3.8) is 0 Å². The fourth-order valence-corrected chi connectivity index (χ4v) is 7.39. The Labute approximate surface area is 155 Å². The van der Waals surface area contributed by atoms with Crippen LogP contribution in [0.2, 0.25) is 0 Å². The number of rotatable bonds is 2. The van der Waals surface area contributed by atoms with Gasteiger partial charge in [-0.3, -0.25) is 9.59 Å². The van der Waals surface area contributed by atoms with Crippen molar-refractivity contribution in [2.24, 2.45) is 40.4 Å². The summed E-state index contributed by atoms with van der Waals surface area (Å²) in [7, 11) is 0. The van der Waals surface area contributed by atoms with Gasteiger partial charge < -0.3 is 10.2 Å². The topological polar surface area (TPSA) is 74.6 Å². The zero-order valence-electron chi connectivity index (χ0n) is 15.9. The minimum Gasteiger partial charge on any atom is -0.393 e. The second kappa shape index (κ2) is 5.87. The maximum atomic E-state index is 12.3. The molecule has 0 saturated heterocycles. The van der Waals surface area contributed by atoms with Crippen LogP contribution in [0.5, 0.6) is 0 Å². The number of allylic oxidation sites excluding steroid dienone is 4. The van der Waals surface area contributed by atoms with Gasteiger partial charge in [0.15, 0.2) is 11.6 Å². The summed E-state index contributed by atoms with van der Waals surface area (Å²) in [6.45, 7) is 6.12. The molecule has 142 valence electrons. The Morgan fingerprint density at radius 1 is 1.31 bits per heavy atom. The fourth-order valence-electron chi connectivity index (χ4n) is 7.39. The van der Waals surface area contributed by atoms with Gasteiger partial charge in [-0.05, 0) is 61.0 Å². The third-order valence-electron chi connectivity index (χ3n) is 8.36. The summed E-state index contributed by atoms with van der Waals surface area (Å²) >= 11 is 0. The van der Waals surface area contributed by atoms with Crippen LogP contribution in [-0.4, -0.2) is 34.5 Å². The van der Waals surface area contributed by atoms with Crippen LogP contribution in [0, 0.1) is 40.4 Å². The molecule has 2 N–H and O–H groups in total. The van der Waals surface area contributed by atoms with Crippen molar-refractivity contribution in [3.05, 3.63) is 23.8 Å². The van der Waals surface area contributed by atoms with E-state index >= 15 is 0 Å². The van der Waals surface area contributed by atoms with E-state index in [9.17, 15) is 19.8 Å². The van der Waals surface area contributed by atoms with Gasteiger partial charge in [0.2, 0.25) is 0 Å². The molecule has 4 aliphatic rings. The molecule has 3 fully saturated rings. The number of aliphatic hydroxyl groups is 2. The standard InChI is InChI=1S/C22H30O4/c1-12-8-14-15-4-5-16(19(26)11-23)22(15,3)10-18(25)20(14)21(2)7-6-13(24)9-17(12)21/h6-7,9,12,14-16,18,20,23,25H,4-5,8,10-11H2,1-3H3/t12-,14-,15-,16+,18-,20+,21-,22-/m0/s1. The van der Waals surface area contributed by atoms with Gasteiger partial charge in [0.05, 0.1) is 6.10 Å². The van der Waals surface area contributed by atoms with E-state index in [-0.39, 0.29) is 34.2 Å². The Kier molecular flexibility index (Phi) is 4.09. The van der Waals surface area contributed by atoms with Crippen molar-refractivity contribution in [2.45, 2.75) is 52.6 Å². The molecule has 0 spiro atoms. The van der Waals surface area contributed by atoms with Crippen molar-refractivity contribution in [2.75, 3.05) is 6.61 Å². The third-order valence-corrected chi connectivity index (χ3v) is 8.36. The van der Waals surface area contributed by atoms with Crippen LogP contribution in [0.3, 0.4) is 0 Å². The van der Waals surface area contributed by atoms with E-state index in [0.29, 0.717) is 24.2 Å². The van der Waals surface area contributed by atoms with Crippen LogP contribution in [0.1, 0.15) is 46.5 Å². The summed E-state index contributed by atoms with van der Waals surface area (Å²) in [4.78, 5) is 24.3. The van der Waals surface area contributed by atoms with Gasteiger partial charge in [-0.15, -0.1) is 0 Å². The van der Waals surface area contributed by atoms with E-state index in [1.165, 1.54) is 0 Å². The first-order valence-corrected chi connectivity index (χ1v) is 9.99. The van der Waals surface area contributed by atoms with Gasteiger partial charge in [-0.1, -0.05) is 32.4 Å². The van der Waals surface area contributed by atoms with Crippen LogP contribution in [0.4, 0.5) is 0 Å². The quantitative estimate of drug-likeness (QED) is 0.796. The normalized spacial score (nSPS) is 49.9. The second-order valence-electron chi connectivity index (χ2n) is 9.58. The summed E-state index contributed by atoms with van der Waals surface area (Å²) in [6, 6.07) is 0. The molecule has 0 unspecified atom stereocenters. The highest BCUT2D eigenvalue weighted by Crippen LogP contribution is 2.66. The molecule has 8 atom stereocenters. The Balaban J connectivity index is 1.75. The summed E-state index contributed by atoms with van der Waals surface area (Å²) in [6.07, 6.45) is 8.35. The second-order valence-corrected chi connectivity index (χ2v) is 9.58. The average molecular weight is 358 g/mol. The molecule has 4 nitrogen and oxygen atoms in total. The molecule has 3 saturated carbocycles. The summed E-state index contributed by atoms with van der Waals surface area (Å²) in [5, 5.41) is 20.6. The predicted molar refractivity (Wildman–Crippen MR) is 98.1 cm³/mol. The minimum atomic E-state index is -0.493. The molecular formula is C22H30O4. The molecular weight excluding hydrogens is 328 g/mol. The Hall–Kier alpha value is -1.26. The van der Waals surface area contributed by atoms with Crippen molar-refractivity contribution < 1.29 is 19.8 Å². The molecule has 0 aromatic rings. The Morgan fingerprint density at radius 2 is 2.04 bits per heavy atom. The zero-order chi connectivity index (χ0) is 18.9. The van der Waals surface area contributed by atoms with Crippen molar-refractivity contribution in [1.29, 1.82) is 0 Å². The number of carbonyl (C=O) groups excluding carboxylic acids is 2. The number of carbonyl (C=O) groups is 2. The maximum absolute atomic E-state index is 12.3. The van der Waals surface area contributed by atoms with Gasteiger partial charge in [-0.2, -0.15) is 0 Å². The number of Topliss-reactive ketones (excluding diaryl/α,β-unsaturated/α-hetero) is 1.